The molecular weight excluding hydrogens is 288 g/mol. The van der Waals surface area contributed by atoms with E-state index in [1.165, 1.54) is 18.4 Å². The first-order chi connectivity index (χ1) is 11.1. The molecule has 124 valence electrons. The van der Waals surface area contributed by atoms with Gasteiger partial charge in [0.2, 0.25) is 11.8 Å². The van der Waals surface area contributed by atoms with Crippen molar-refractivity contribution in [3.63, 3.8) is 0 Å². The van der Waals surface area contributed by atoms with Gasteiger partial charge in [-0.25, -0.2) is 0 Å². The van der Waals surface area contributed by atoms with Gasteiger partial charge in [-0.2, -0.15) is 0 Å². The third-order valence-electron chi connectivity index (χ3n) is 5.25. The molecule has 0 radical (unpaired) electrons. The summed E-state index contributed by atoms with van der Waals surface area (Å²) in [6, 6.07) is 10.6. The Morgan fingerprint density at radius 3 is 2.65 bits per heavy atom. The van der Waals surface area contributed by atoms with Gasteiger partial charge in [0.05, 0.1) is 5.92 Å². The van der Waals surface area contributed by atoms with E-state index in [9.17, 15) is 9.59 Å². The van der Waals surface area contributed by atoms with E-state index in [-0.39, 0.29) is 23.7 Å². The number of rotatable bonds is 5. The molecule has 1 saturated heterocycles. The molecule has 2 amide bonds. The Labute approximate surface area is 138 Å². The van der Waals surface area contributed by atoms with Crippen molar-refractivity contribution in [2.75, 3.05) is 13.1 Å². The number of amides is 2. The number of carbonyl (C=O) groups excluding carboxylic acids is 2. The minimum Gasteiger partial charge on any atom is -0.355 e. The summed E-state index contributed by atoms with van der Waals surface area (Å²) in [5.74, 6) is 0.295. The molecule has 23 heavy (non-hydrogen) atoms. The highest BCUT2D eigenvalue weighted by molar-refractivity contribution is 5.89. The number of likely N-dealkylation sites (tertiary alicyclic amines) is 1. The first-order valence-corrected chi connectivity index (χ1v) is 8.77. The molecule has 0 spiro atoms. The molecule has 1 aromatic rings. The van der Waals surface area contributed by atoms with E-state index in [4.69, 9.17) is 0 Å². The molecule has 0 unspecified atom stereocenters. The molecule has 1 N–H and O–H groups in total. The SMILES string of the molecule is C[C@@H](CNC(=O)[C@@H]1CC(=O)N(C2CCCC2)C1)c1ccccc1. The fourth-order valence-electron chi connectivity index (χ4n) is 3.77. The molecular formula is C19H26N2O2. The van der Waals surface area contributed by atoms with Gasteiger partial charge < -0.3 is 10.2 Å². The van der Waals surface area contributed by atoms with Crippen LogP contribution >= 0.6 is 0 Å². The molecule has 4 nitrogen and oxygen atoms in total. The zero-order chi connectivity index (χ0) is 16.2. The second kappa shape index (κ2) is 7.16. The lowest BCUT2D eigenvalue weighted by molar-refractivity contribution is -0.130. The summed E-state index contributed by atoms with van der Waals surface area (Å²) in [4.78, 5) is 26.5. The van der Waals surface area contributed by atoms with E-state index < -0.39 is 0 Å². The van der Waals surface area contributed by atoms with E-state index in [0.717, 1.165) is 12.8 Å². The van der Waals surface area contributed by atoms with Crippen LogP contribution in [0.25, 0.3) is 0 Å². The highest BCUT2D eigenvalue weighted by Gasteiger charge is 2.38. The molecule has 1 aliphatic heterocycles. The summed E-state index contributed by atoms with van der Waals surface area (Å²) in [6.45, 7) is 3.34. The number of nitrogens with one attached hydrogen (secondary N) is 1. The van der Waals surface area contributed by atoms with Gasteiger partial charge in [-0.1, -0.05) is 50.1 Å². The van der Waals surface area contributed by atoms with Crippen molar-refractivity contribution in [2.24, 2.45) is 5.92 Å². The minimum atomic E-state index is -0.175. The Morgan fingerprint density at radius 2 is 1.96 bits per heavy atom. The quantitative estimate of drug-likeness (QED) is 0.908. The van der Waals surface area contributed by atoms with E-state index in [1.807, 2.05) is 23.1 Å². The van der Waals surface area contributed by atoms with E-state index in [0.29, 0.717) is 25.6 Å². The zero-order valence-corrected chi connectivity index (χ0v) is 13.8. The Balaban J connectivity index is 1.50. The number of hydrogen-bond acceptors (Lipinski definition) is 2. The summed E-state index contributed by atoms with van der Waals surface area (Å²) >= 11 is 0. The summed E-state index contributed by atoms with van der Waals surface area (Å²) in [6.07, 6.45) is 5.00. The van der Waals surface area contributed by atoms with E-state index in [1.54, 1.807) is 0 Å². The molecule has 0 aromatic heterocycles. The smallest absolute Gasteiger partial charge is 0.225 e. The Kier molecular flexibility index (Phi) is 4.99. The fourth-order valence-corrected chi connectivity index (χ4v) is 3.77. The standard InChI is InChI=1S/C19H26N2O2/c1-14(15-7-3-2-4-8-15)12-20-19(23)16-11-18(22)21(13-16)17-9-5-6-10-17/h2-4,7-8,14,16-17H,5-6,9-13H2,1H3,(H,20,23)/t14-,16+/m0/s1. The van der Waals surface area contributed by atoms with Crippen molar-refractivity contribution >= 4 is 11.8 Å². The number of carbonyl (C=O) groups is 2. The predicted molar refractivity (Wildman–Crippen MR) is 89.9 cm³/mol. The average Bonchev–Trinajstić information content (AvgIpc) is 3.22. The fraction of sp³-hybridized carbons (Fsp3) is 0.579. The molecule has 1 saturated carbocycles. The highest BCUT2D eigenvalue weighted by atomic mass is 16.2. The lowest BCUT2D eigenvalue weighted by Gasteiger charge is -2.24. The highest BCUT2D eigenvalue weighted by Crippen LogP contribution is 2.29. The van der Waals surface area contributed by atoms with Crippen LogP contribution in [0.1, 0.15) is 50.5 Å². The molecule has 1 aromatic carbocycles. The van der Waals surface area contributed by atoms with Crippen LogP contribution in [0.2, 0.25) is 0 Å². The minimum absolute atomic E-state index is 0.0293. The van der Waals surface area contributed by atoms with Crippen molar-refractivity contribution < 1.29 is 9.59 Å². The van der Waals surface area contributed by atoms with Crippen LogP contribution in [0.3, 0.4) is 0 Å². The van der Waals surface area contributed by atoms with Gasteiger partial charge in [0.1, 0.15) is 0 Å². The molecule has 0 bridgehead atoms. The van der Waals surface area contributed by atoms with E-state index in [2.05, 4.69) is 24.4 Å². The maximum atomic E-state index is 12.4. The maximum Gasteiger partial charge on any atom is 0.225 e. The van der Waals surface area contributed by atoms with Gasteiger partial charge in [0, 0.05) is 25.6 Å². The maximum absolute atomic E-state index is 12.4. The number of nitrogens with zero attached hydrogens (tertiary/aromatic N) is 1. The summed E-state index contributed by atoms with van der Waals surface area (Å²) < 4.78 is 0. The number of benzene rings is 1. The zero-order valence-electron chi connectivity index (χ0n) is 13.8. The van der Waals surface area contributed by atoms with Crippen molar-refractivity contribution in [2.45, 2.75) is 51.0 Å². The monoisotopic (exact) mass is 314 g/mol. The molecule has 2 atom stereocenters. The molecule has 1 heterocycles. The Bertz CT molecular complexity index is 552. The second-order valence-corrected chi connectivity index (χ2v) is 6.94. The van der Waals surface area contributed by atoms with Crippen molar-refractivity contribution in [3.8, 4) is 0 Å². The summed E-state index contributed by atoms with van der Waals surface area (Å²) in [5, 5.41) is 3.04. The normalized spacial score (nSPS) is 23.3. The first-order valence-electron chi connectivity index (χ1n) is 8.77. The molecule has 2 aliphatic rings. The third-order valence-corrected chi connectivity index (χ3v) is 5.25. The summed E-state index contributed by atoms with van der Waals surface area (Å²) in [7, 11) is 0. The van der Waals surface area contributed by atoms with Crippen molar-refractivity contribution in [1.82, 2.24) is 10.2 Å². The third kappa shape index (κ3) is 3.74. The first kappa shape index (κ1) is 16.0. The summed E-state index contributed by atoms with van der Waals surface area (Å²) in [5.41, 5.74) is 1.22. The van der Waals surface area contributed by atoms with Crippen LogP contribution in [0.15, 0.2) is 30.3 Å². The van der Waals surface area contributed by atoms with Crippen LogP contribution in [-0.2, 0) is 9.59 Å². The molecule has 1 aliphatic carbocycles. The van der Waals surface area contributed by atoms with Gasteiger partial charge in [0.15, 0.2) is 0 Å². The van der Waals surface area contributed by atoms with Gasteiger partial charge in [-0.05, 0) is 24.3 Å². The van der Waals surface area contributed by atoms with Crippen LogP contribution in [0, 0.1) is 5.92 Å². The van der Waals surface area contributed by atoms with Gasteiger partial charge >= 0.3 is 0 Å². The lowest BCUT2D eigenvalue weighted by Crippen LogP contribution is -2.37. The largest absolute Gasteiger partial charge is 0.355 e. The molecule has 3 rings (SSSR count). The van der Waals surface area contributed by atoms with Crippen LogP contribution in [0.4, 0.5) is 0 Å². The average molecular weight is 314 g/mol. The van der Waals surface area contributed by atoms with Gasteiger partial charge in [-0.3, -0.25) is 9.59 Å². The van der Waals surface area contributed by atoms with Crippen molar-refractivity contribution in [3.05, 3.63) is 35.9 Å². The molecule has 4 heteroatoms. The van der Waals surface area contributed by atoms with Gasteiger partial charge in [0.25, 0.3) is 0 Å². The van der Waals surface area contributed by atoms with E-state index >= 15 is 0 Å². The van der Waals surface area contributed by atoms with Crippen LogP contribution in [-0.4, -0.2) is 35.8 Å². The lowest BCUT2D eigenvalue weighted by atomic mass is 10.0. The predicted octanol–water partition coefficient (Wildman–Crippen LogP) is 2.70. The Morgan fingerprint density at radius 1 is 1.26 bits per heavy atom. The van der Waals surface area contributed by atoms with Gasteiger partial charge in [-0.15, -0.1) is 0 Å². The van der Waals surface area contributed by atoms with Crippen molar-refractivity contribution in [1.29, 1.82) is 0 Å². The van der Waals surface area contributed by atoms with Crippen LogP contribution in [0.5, 0.6) is 0 Å². The number of hydrogen-bond donors (Lipinski definition) is 1. The van der Waals surface area contributed by atoms with Crippen LogP contribution < -0.4 is 5.32 Å². The second-order valence-electron chi connectivity index (χ2n) is 6.94. The Hall–Kier alpha value is -1.84. The molecule has 2 fully saturated rings. The topological polar surface area (TPSA) is 49.4 Å².